The molecule has 0 saturated heterocycles. The Morgan fingerprint density at radius 1 is 1.35 bits per heavy atom. The second kappa shape index (κ2) is 11.6. The number of carbonyl (C=O) groups is 1. The Balaban J connectivity index is 3.84. The van der Waals surface area contributed by atoms with E-state index in [0.717, 1.165) is 19.4 Å². The van der Waals surface area contributed by atoms with Gasteiger partial charge in [-0.3, -0.25) is 4.79 Å². The number of carbonyl (C=O) groups excluding carboxylic acids is 1. The summed E-state index contributed by atoms with van der Waals surface area (Å²) in [6.07, 6.45) is 6.28. The average molecular weight is 242 g/mol. The van der Waals surface area contributed by atoms with Gasteiger partial charge in [0.1, 0.15) is 0 Å². The monoisotopic (exact) mass is 242 g/mol. The Kier molecular flexibility index (Phi) is 11.0. The standard InChI is InChI=1S/C13H26N2O2/c1-3-5-6-7-9-15(10-11-16)13(17)12-14-8-4-2/h4,14,16H,2-3,5-12H2,1H3. The summed E-state index contributed by atoms with van der Waals surface area (Å²) in [7, 11) is 0. The van der Waals surface area contributed by atoms with Gasteiger partial charge in [0.2, 0.25) is 5.91 Å². The van der Waals surface area contributed by atoms with Crippen molar-refractivity contribution in [3.8, 4) is 0 Å². The van der Waals surface area contributed by atoms with Crippen LogP contribution in [0, 0.1) is 0 Å². The molecule has 0 fully saturated rings. The number of rotatable bonds is 11. The van der Waals surface area contributed by atoms with Crippen molar-refractivity contribution in [3.05, 3.63) is 12.7 Å². The highest BCUT2D eigenvalue weighted by molar-refractivity contribution is 5.78. The summed E-state index contributed by atoms with van der Waals surface area (Å²) in [6, 6.07) is 0. The van der Waals surface area contributed by atoms with Crippen LogP contribution in [-0.2, 0) is 4.79 Å². The van der Waals surface area contributed by atoms with E-state index >= 15 is 0 Å². The predicted octanol–water partition coefficient (Wildman–Crippen LogP) is 1.16. The molecule has 0 unspecified atom stereocenters. The summed E-state index contributed by atoms with van der Waals surface area (Å²) in [5, 5.41) is 11.9. The maximum Gasteiger partial charge on any atom is 0.236 e. The molecule has 100 valence electrons. The summed E-state index contributed by atoms with van der Waals surface area (Å²) in [5.74, 6) is 0.0531. The molecular formula is C13H26N2O2. The summed E-state index contributed by atoms with van der Waals surface area (Å²) >= 11 is 0. The van der Waals surface area contributed by atoms with Gasteiger partial charge in [-0.25, -0.2) is 0 Å². The Morgan fingerprint density at radius 2 is 2.12 bits per heavy atom. The van der Waals surface area contributed by atoms with Gasteiger partial charge in [0.05, 0.1) is 13.2 Å². The number of aliphatic hydroxyl groups is 1. The van der Waals surface area contributed by atoms with Gasteiger partial charge < -0.3 is 15.3 Å². The molecule has 0 aromatic rings. The first-order valence-electron chi connectivity index (χ1n) is 6.46. The number of hydrogen-bond acceptors (Lipinski definition) is 3. The van der Waals surface area contributed by atoms with Crippen molar-refractivity contribution in [1.82, 2.24) is 10.2 Å². The van der Waals surface area contributed by atoms with Crippen LogP contribution in [0.5, 0.6) is 0 Å². The Hall–Kier alpha value is -0.870. The van der Waals surface area contributed by atoms with Crippen molar-refractivity contribution >= 4 is 5.91 Å². The van der Waals surface area contributed by atoms with Gasteiger partial charge in [-0.05, 0) is 6.42 Å². The number of amides is 1. The lowest BCUT2D eigenvalue weighted by Crippen LogP contribution is -2.40. The maximum absolute atomic E-state index is 11.8. The zero-order chi connectivity index (χ0) is 12.9. The van der Waals surface area contributed by atoms with Gasteiger partial charge in [-0.15, -0.1) is 6.58 Å². The van der Waals surface area contributed by atoms with E-state index in [1.54, 1.807) is 11.0 Å². The van der Waals surface area contributed by atoms with Gasteiger partial charge in [0, 0.05) is 19.6 Å². The zero-order valence-electron chi connectivity index (χ0n) is 11.0. The van der Waals surface area contributed by atoms with E-state index in [-0.39, 0.29) is 12.5 Å². The largest absolute Gasteiger partial charge is 0.395 e. The lowest BCUT2D eigenvalue weighted by molar-refractivity contribution is -0.130. The van der Waals surface area contributed by atoms with E-state index in [1.165, 1.54) is 12.8 Å². The second-order valence-corrected chi connectivity index (χ2v) is 4.08. The minimum atomic E-state index is 0.0287. The van der Waals surface area contributed by atoms with E-state index in [2.05, 4.69) is 18.8 Å². The normalized spacial score (nSPS) is 10.2. The molecule has 1 amide bonds. The minimum absolute atomic E-state index is 0.0287. The number of unbranched alkanes of at least 4 members (excludes halogenated alkanes) is 3. The molecule has 4 nitrogen and oxygen atoms in total. The van der Waals surface area contributed by atoms with Crippen LogP contribution in [0.25, 0.3) is 0 Å². The van der Waals surface area contributed by atoms with Crippen LogP contribution in [0.15, 0.2) is 12.7 Å². The zero-order valence-corrected chi connectivity index (χ0v) is 11.0. The smallest absolute Gasteiger partial charge is 0.236 e. The van der Waals surface area contributed by atoms with Gasteiger partial charge in [-0.1, -0.05) is 32.3 Å². The van der Waals surface area contributed by atoms with Crippen LogP contribution in [0.2, 0.25) is 0 Å². The topological polar surface area (TPSA) is 52.6 Å². The first-order chi connectivity index (χ1) is 8.26. The molecule has 2 N–H and O–H groups in total. The predicted molar refractivity (Wildman–Crippen MR) is 70.9 cm³/mol. The molecule has 0 aromatic heterocycles. The molecule has 0 aliphatic heterocycles. The van der Waals surface area contributed by atoms with E-state index in [0.29, 0.717) is 19.6 Å². The molecule has 4 heteroatoms. The fourth-order valence-corrected chi connectivity index (χ4v) is 1.60. The molecule has 17 heavy (non-hydrogen) atoms. The quantitative estimate of drug-likeness (QED) is 0.422. The summed E-state index contributed by atoms with van der Waals surface area (Å²) < 4.78 is 0. The molecule has 0 aliphatic carbocycles. The van der Waals surface area contributed by atoms with Gasteiger partial charge in [0.15, 0.2) is 0 Å². The number of hydrogen-bond donors (Lipinski definition) is 2. The summed E-state index contributed by atoms with van der Waals surface area (Å²) in [5.41, 5.74) is 0. The van der Waals surface area contributed by atoms with Crippen molar-refractivity contribution in [2.45, 2.75) is 32.6 Å². The molecule has 0 radical (unpaired) electrons. The highest BCUT2D eigenvalue weighted by atomic mass is 16.3. The van der Waals surface area contributed by atoms with Crippen LogP contribution in [0.1, 0.15) is 32.6 Å². The van der Waals surface area contributed by atoms with Crippen LogP contribution >= 0.6 is 0 Å². The molecule has 0 aliphatic rings. The lowest BCUT2D eigenvalue weighted by atomic mass is 10.2. The van der Waals surface area contributed by atoms with E-state index in [1.807, 2.05) is 0 Å². The van der Waals surface area contributed by atoms with E-state index in [4.69, 9.17) is 5.11 Å². The SMILES string of the molecule is C=CCNCC(=O)N(CCO)CCCCCC. The molecule has 0 spiro atoms. The van der Waals surface area contributed by atoms with Gasteiger partial charge >= 0.3 is 0 Å². The molecule has 0 aromatic carbocycles. The third kappa shape index (κ3) is 8.89. The van der Waals surface area contributed by atoms with Gasteiger partial charge in [0.25, 0.3) is 0 Å². The van der Waals surface area contributed by atoms with E-state index < -0.39 is 0 Å². The number of nitrogens with one attached hydrogen (secondary N) is 1. The number of aliphatic hydroxyl groups excluding tert-OH is 1. The summed E-state index contributed by atoms with van der Waals surface area (Å²) in [4.78, 5) is 13.5. The third-order valence-electron chi connectivity index (χ3n) is 2.57. The minimum Gasteiger partial charge on any atom is -0.395 e. The fraction of sp³-hybridized carbons (Fsp3) is 0.769. The Labute approximate surface area is 105 Å². The molecule has 0 saturated carbocycles. The van der Waals surface area contributed by atoms with Crippen LogP contribution in [0.3, 0.4) is 0 Å². The summed E-state index contributed by atoms with van der Waals surface area (Å²) in [6.45, 7) is 7.90. The first kappa shape index (κ1) is 16.1. The van der Waals surface area contributed by atoms with Crippen molar-refractivity contribution in [1.29, 1.82) is 0 Å². The van der Waals surface area contributed by atoms with Crippen LogP contribution in [0.4, 0.5) is 0 Å². The molecular weight excluding hydrogens is 216 g/mol. The molecule has 0 rings (SSSR count). The highest BCUT2D eigenvalue weighted by Crippen LogP contribution is 2.01. The van der Waals surface area contributed by atoms with Crippen molar-refractivity contribution in [2.75, 3.05) is 32.8 Å². The van der Waals surface area contributed by atoms with Crippen molar-refractivity contribution < 1.29 is 9.90 Å². The number of nitrogens with zero attached hydrogens (tertiary/aromatic N) is 1. The van der Waals surface area contributed by atoms with Gasteiger partial charge in [-0.2, -0.15) is 0 Å². The Morgan fingerprint density at radius 3 is 2.71 bits per heavy atom. The second-order valence-electron chi connectivity index (χ2n) is 4.08. The third-order valence-corrected chi connectivity index (χ3v) is 2.57. The molecule has 0 heterocycles. The molecule has 0 atom stereocenters. The van der Waals surface area contributed by atoms with Crippen molar-refractivity contribution in [2.24, 2.45) is 0 Å². The first-order valence-corrected chi connectivity index (χ1v) is 6.46. The average Bonchev–Trinajstić information content (AvgIpc) is 2.33. The van der Waals surface area contributed by atoms with Crippen LogP contribution in [-0.4, -0.2) is 48.7 Å². The maximum atomic E-state index is 11.8. The van der Waals surface area contributed by atoms with Crippen molar-refractivity contribution in [3.63, 3.8) is 0 Å². The van der Waals surface area contributed by atoms with E-state index in [9.17, 15) is 4.79 Å². The lowest BCUT2D eigenvalue weighted by Gasteiger charge is -2.21. The fourth-order valence-electron chi connectivity index (χ4n) is 1.60. The highest BCUT2D eigenvalue weighted by Gasteiger charge is 2.11. The Bertz CT molecular complexity index is 208. The van der Waals surface area contributed by atoms with Crippen LogP contribution < -0.4 is 5.32 Å². The molecule has 0 bridgehead atoms.